The largest absolute Gasteiger partial charge is 0.338 e. The number of fused-ring (bicyclic) bond motifs is 1. The summed E-state index contributed by atoms with van der Waals surface area (Å²) in [6.07, 6.45) is 3.06. The molecule has 1 unspecified atom stereocenters. The molecule has 3 rings (SSSR count). The Balaban J connectivity index is 1.93. The van der Waals surface area contributed by atoms with E-state index in [1.165, 1.54) is 6.07 Å². The first-order valence-corrected chi connectivity index (χ1v) is 7.80. The van der Waals surface area contributed by atoms with E-state index in [4.69, 9.17) is 5.73 Å². The van der Waals surface area contributed by atoms with Crippen LogP contribution in [-0.2, 0) is 0 Å². The van der Waals surface area contributed by atoms with Crippen molar-refractivity contribution in [3.8, 4) is 0 Å². The van der Waals surface area contributed by atoms with E-state index in [1.54, 1.807) is 0 Å². The predicted octanol–water partition coefficient (Wildman–Crippen LogP) is 1.73. The van der Waals surface area contributed by atoms with Gasteiger partial charge in [-0.2, -0.15) is 0 Å². The summed E-state index contributed by atoms with van der Waals surface area (Å²) in [4.78, 5) is 29.3. The molecule has 5 heteroatoms. The minimum Gasteiger partial charge on any atom is -0.338 e. The molecule has 0 spiro atoms. The molecule has 1 saturated heterocycles. The summed E-state index contributed by atoms with van der Waals surface area (Å²) in [5, 5.41) is 0.799. The molecule has 1 atom stereocenters. The van der Waals surface area contributed by atoms with Gasteiger partial charge in [0.05, 0.1) is 5.56 Å². The van der Waals surface area contributed by atoms with Gasteiger partial charge in [-0.1, -0.05) is 18.2 Å². The maximum atomic E-state index is 12.9. The second kappa shape index (κ2) is 6.32. The number of rotatable bonds is 3. The molecule has 2 aromatic rings. The highest BCUT2D eigenvalue weighted by Gasteiger charge is 2.25. The van der Waals surface area contributed by atoms with Crippen LogP contribution in [0.15, 0.2) is 35.1 Å². The maximum Gasteiger partial charge on any atom is 0.254 e. The second-order valence-electron chi connectivity index (χ2n) is 5.93. The van der Waals surface area contributed by atoms with Gasteiger partial charge in [-0.15, -0.1) is 0 Å². The molecule has 1 amide bonds. The zero-order chi connectivity index (χ0) is 15.5. The van der Waals surface area contributed by atoms with Crippen molar-refractivity contribution in [2.24, 2.45) is 11.7 Å². The average molecular weight is 299 g/mol. The van der Waals surface area contributed by atoms with Crippen molar-refractivity contribution < 1.29 is 4.79 Å². The third kappa shape index (κ3) is 2.90. The number of carbonyl (C=O) groups is 1. The lowest BCUT2D eigenvalue weighted by molar-refractivity contribution is 0.0671. The van der Waals surface area contributed by atoms with Crippen LogP contribution in [0, 0.1) is 5.92 Å². The highest BCUT2D eigenvalue weighted by Crippen LogP contribution is 2.23. The number of carbonyl (C=O) groups excluding carboxylic acids is 1. The fraction of sp³-hybridized carbons (Fsp3) is 0.412. The van der Waals surface area contributed by atoms with Crippen LogP contribution in [0.5, 0.6) is 0 Å². The maximum absolute atomic E-state index is 12.9. The Kier molecular flexibility index (Phi) is 4.24. The quantitative estimate of drug-likeness (QED) is 0.906. The fourth-order valence-electron chi connectivity index (χ4n) is 3.27. The number of para-hydroxylation sites is 1. The topological polar surface area (TPSA) is 79.2 Å². The number of benzene rings is 1. The second-order valence-corrected chi connectivity index (χ2v) is 5.93. The molecule has 1 aliphatic rings. The Labute approximate surface area is 129 Å². The summed E-state index contributed by atoms with van der Waals surface area (Å²) in [7, 11) is 0. The molecule has 0 saturated carbocycles. The molecule has 3 N–H and O–H groups in total. The summed E-state index contributed by atoms with van der Waals surface area (Å²) in [5.74, 6) is 0.417. The molecular formula is C17H21N3O2. The summed E-state index contributed by atoms with van der Waals surface area (Å²) in [5.41, 5.74) is 6.59. The van der Waals surface area contributed by atoms with Crippen molar-refractivity contribution in [1.82, 2.24) is 9.88 Å². The van der Waals surface area contributed by atoms with Crippen LogP contribution in [0.3, 0.4) is 0 Å². The van der Waals surface area contributed by atoms with Crippen molar-refractivity contribution in [3.63, 3.8) is 0 Å². The molecule has 1 fully saturated rings. The van der Waals surface area contributed by atoms with Crippen LogP contribution in [0.4, 0.5) is 0 Å². The van der Waals surface area contributed by atoms with Gasteiger partial charge in [0.25, 0.3) is 5.91 Å². The number of nitrogens with zero attached hydrogens (tertiary/aromatic N) is 1. The Morgan fingerprint density at radius 2 is 2.18 bits per heavy atom. The number of nitrogens with one attached hydrogen (secondary N) is 1. The van der Waals surface area contributed by atoms with Crippen LogP contribution in [0.25, 0.3) is 10.9 Å². The average Bonchev–Trinajstić information content (AvgIpc) is 2.54. The monoisotopic (exact) mass is 299 g/mol. The predicted molar refractivity (Wildman–Crippen MR) is 86.9 cm³/mol. The smallest absolute Gasteiger partial charge is 0.254 e. The van der Waals surface area contributed by atoms with Crippen molar-refractivity contribution in [1.29, 1.82) is 0 Å². The Morgan fingerprint density at radius 3 is 3.00 bits per heavy atom. The molecule has 1 aliphatic heterocycles. The van der Waals surface area contributed by atoms with E-state index in [-0.39, 0.29) is 11.5 Å². The molecule has 5 nitrogen and oxygen atoms in total. The summed E-state index contributed by atoms with van der Waals surface area (Å²) in [6, 6.07) is 8.84. The number of piperidine rings is 1. The first-order chi connectivity index (χ1) is 10.7. The van der Waals surface area contributed by atoms with Crippen LogP contribution >= 0.6 is 0 Å². The van der Waals surface area contributed by atoms with Crippen LogP contribution in [-0.4, -0.2) is 35.4 Å². The van der Waals surface area contributed by atoms with E-state index in [2.05, 4.69) is 4.98 Å². The Hall–Kier alpha value is -2.14. The van der Waals surface area contributed by atoms with E-state index >= 15 is 0 Å². The number of hydrogen-bond donors (Lipinski definition) is 2. The van der Waals surface area contributed by atoms with Crippen molar-refractivity contribution in [2.45, 2.75) is 19.3 Å². The molecule has 22 heavy (non-hydrogen) atoms. The van der Waals surface area contributed by atoms with Crippen LogP contribution in [0.2, 0.25) is 0 Å². The molecule has 0 aliphatic carbocycles. The van der Waals surface area contributed by atoms with Gasteiger partial charge < -0.3 is 15.6 Å². The van der Waals surface area contributed by atoms with Gasteiger partial charge in [-0.25, -0.2) is 0 Å². The lowest BCUT2D eigenvalue weighted by Gasteiger charge is -2.33. The number of pyridine rings is 1. The number of aromatic amines is 1. The number of hydrogen-bond acceptors (Lipinski definition) is 3. The summed E-state index contributed by atoms with van der Waals surface area (Å²) < 4.78 is 0. The standard InChI is InChI=1S/C17H21N3O2/c18-8-7-12-4-3-9-20(11-12)17(22)14-10-16(21)19-15-6-2-1-5-13(14)15/h1-2,5-6,10,12H,3-4,7-9,11,18H2,(H,19,21). The Morgan fingerprint density at radius 1 is 1.36 bits per heavy atom. The van der Waals surface area contributed by atoms with Gasteiger partial charge in [0.1, 0.15) is 0 Å². The third-order valence-electron chi connectivity index (χ3n) is 4.36. The zero-order valence-corrected chi connectivity index (χ0v) is 12.5. The van der Waals surface area contributed by atoms with Crippen LogP contribution in [0.1, 0.15) is 29.6 Å². The lowest BCUT2D eigenvalue weighted by atomic mass is 9.94. The fourth-order valence-corrected chi connectivity index (χ4v) is 3.27. The first kappa shape index (κ1) is 14.8. The lowest BCUT2D eigenvalue weighted by Crippen LogP contribution is -2.40. The van der Waals surface area contributed by atoms with Gasteiger partial charge in [0.15, 0.2) is 0 Å². The van der Waals surface area contributed by atoms with Gasteiger partial charge in [-0.3, -0.25) is 9.59 Å². The highest BCUT2D eigenvalue weighted by molar-refractivity contribution is 6.05. The van der Waals surface area contributed by atoms with Crippen LogP contribution < -0.4 is 11.3 Å². The normalized spacial score (nSPS) is 18.6. The molecule has 1 aromatic carbocycles. The minimum absolute atomic E-state index is 0.0518. The number of amides is 1. The van der Waals surface area contributed by atoms with Gasteiger partial charge in [0, 0.05) is 30.1 Å². The molecular weight excluding hydrogens is 278 g/mol. The number of H-pyrrole nitrogens is 1. The third-order valence-corrected chi connectivity index (χ3v) is 4.36. The SMILES string of the molecule is NCCC1CCCN(C(=O)c2cc(=O)[nH]c3ccccc23)C1. The molecule has 0 radical (unpaired) electrons. The van der Waals surface area contributed by atoms with Gasteiger partial charge in [0.2, 0.25) is 5.56 Å². The van der Waals surface area contributed by atoms with Crippen molar-refractivity contribution in [3.05, 3.63) is 46.2 Å². The Bertz CT molecular complexity index is 736. The van der Waals surface area contributed by atoms with E-state index in [0.29, 0.717) is 23.5 Å². The molecule has 0 bridgehead atoms. The molecule has 2 heterocycles. The minimum atomic E-state index is -0.238. The molecule has 1 aromatic heterocycles. The number of nitrogens with two attached hydrogens (primary N) is 1. The van der Waals surface area contributed by atoms with Crippen molar-refractivity contribution in [2.75, 3.05) is 19.6 Å². The van der Waals surface area contributed by atoms with E-state index in [0.717, 1.165) is 37.7 Å². The first-order valence-electron chi connectivity index (χ1n) is 7.80. The van der Waals surface area contributed by atoms with E-state index < -0.39 is 0 Å². The molecule has 116 valence electrons. The zero-order valence-electron chi connectivity index (χ0n) is 12.5. The van der Waals surface area contributed by atoms with Gasteiger partial charge >= 0.3 is 0 Å². The highest BCUT2D eigenvalue weighted by atomic mass is 16.2. The van der Waals surface area contributed by atoms with E-state index in [1.807, 2.05) is 29.2 Å². The van der Waals surface area contributed by atoms with Gasteiger partial charge in [-0.05, 0) is 37.8 Å². The number of likely N-dealkylation sites (tertiary alicyclic amines) is 1. The van der Waals surface area contributed by atoms with Crippen molar-refractivity contribution >= 4 is 16.8 Å². The number of aromatic nitrogens is 1. The van der Waals surface area contributed by atoms with E-state index in [9.17, 15) is 9.59 Å². The summed E-state index contributed by atoms with van der Waals surface area (Å²) in [6.45, 7) is 2.14. The summed E-state index contributed by atoms with van der Waals surface area (Å²) >= 11 is 0.